The lowest BCUT2D eigenvalue weighted by Gasteiger charge is -2.29. The number of hydrogen-bond acceptors (Lipinski definition) is 5. The van der Waals surface area contributed by atoms with E-state index in [4.69, 9.17) is 16.3 Å². The standard InChI is InChI=1S/C20H19ClN4O/c21-15-2-1-14-5-6-25(19(14)11-15)20-17-12-16(24-7-9-26-10-8-24)3-4-18(17)22-13-23-20/h1-4,11-13H,5-10H2. The van der Waals surface area contributed by atoms with Gasteiger partial charge in [0.1, 0.15) is 12.1 Å². The van der Waals surface area contributed by atoms with E-state index < -0.39 is 0 Å². The van der Waals surface area contributed by atoms with Gasteiger partial charge in [-0.25, -0.2) is 9.97 Å². The Labute approximate surface area is 157 Å². The van der Waals surface area contributed by atoms with E-state index in [2.05, 4.69) is 44.0 Å². The first-order valence-electron chi connectivity index (χ1n) is 8.93. The van der Waals surface area contributed by atoms with Crippen molar-refractivity contribution in [2.24, 2.45) is 0 Å². The van der Waals surface area contributed by atoms with Crippen LogP contribution in [0.2, 0.25) is 5.02 Å². The number of benzene rings is 2. The first kappa shape index (κ1) is 15.9. The third kappa shape index (κ3) is 2.68. The minimum absolute atomic E-state index is 0.753. The summed E-state index contributed by atoms with van der Waals surface area (Å²) in [5.41, 5.74) is 4.62. The molecule has 5 nitrogen and oxygen atoms in total. The third-order valence-corrected chi connectivity index (χ3v) is 5.41. The second kappa shape index (κ2) is 6.41. The zero-order valence-electron chi connectivity index (χ0n) is 14.4. The minimum Gasteiger partial charge on any atom is -0.378 e. The maximum atomic E-state index is 6.24. The highest BCUT2D eigenvalue weighted by Gasteiger charge is 2.24. The molecule has 26 heavy (non-hydrogen) atoms. The fourth-order valence-corrected chi connectivity index (χ4v) is 4.00. The largest absolute Gasteiger partial charge is 0.378 e. The molecule has 3 heterocycles. The zero-order chi connectivity index (χ0) is 17.5. The summed E-state index contributed by atoms with van der Waals surface area (Å²) < 4.78 is 5.48. The molecular formula is C20H19ClN4O. The normalized spacial score (nSPS) is 17.0. The van der Waals surface area contributed by atoms with Crippen LogP contribution in [-0.4, -0.2) is 42.8 Å². The molecule has 132 valence electrons. The van der Waals surface area contributed by atoms with Crippen LogP contribution in [-0.2, 0) is 11.2 Å². The molecule has 2 aromatic carbocycles. The molecule has 0 bridgehead atoms. The highest BCUT2D eigenvalue weighted by Crippen LogP contribution is 2.38. The lowest BCUT2D eigenvalue weighted by Crippen LogP contribution is -2.36. The van der Waals surface area contributed by atoms with Crippen LogP contribution in [0.3, 0.4) is 0 Å². The van der Waals surface area contributed by atoms with Crippen molar-refractivity contribution in [2.75, 3.05) is 42.6 Å². The molecule has 0 saturated carbocycles. The molecule has 0 atom stereocenters. The number of halogens is 1. The van der Waals surface area contributed by atoms with E-state index in [1.165, 1.54) is 11.3 Å². The predicted octanol–water partition coefficient (Wildman–Crippen LogP) is 3.81. The Hall–Kier alpha value is -2.37. The van der Waals surface area contributed by atoms with E-state index in [1.807, 2.05) is 12.1 Å². The number of aromatic nitrogens is 2. The van der Waals surface area contributed by atoms with Crippen molar-refractivity contribution < 1.29 is 4.74 Å². The maximum absolute atomic E-state index is 6.24. The SMILES string of the molecule is Clc1ccc2c(c1)N(c1ncnc3ccc(N4CCOCC4)cc13)CC2. The van der Waals surface area contributed by atoms with Gasteiger partial charge in [0.25, 0.3) is 0 Å². The lowest BCUT2D eigenvalue weighted by atomic mass is 10.1. The van der Waals surface area contributed by atoms with Gasteiger partial charge in [-0.2, -0.15) is 0 Å². The summed E-state index contributed by atoms with van der Waals surface area (Å²) in [5.74, 6) is 0.950. The van der Waals surface area contributed by atoms with E-state index >= 15 is 0 Å². The summed E-state index contributed by atoms with van der Waals surface area (Å²) in [5, 5.41) is 1.83. The fraction of sp³-hybridized carbons (Fsp3) is 0.300. The number of morpholine rings is 1. The highest BCUT2D eigenvalue weighted by atomic mass is 35.5. The zero-order valence-corrected chi connectivity index (χ0v) is 15.1. The second-order valence-corrected chi connectivity index (χ2v) is 7.11. The number of rotatable bonds is 2. The molecule has 6 heteroatoms. The van der Waals surface area contributed by atoms with Gasteiger partial charge in [0.2, 0.25) is 0 Å². The van der Waals surface area contributed by atoms with Crippen LogP contribution in [0.25, 0.3) is 10.9 Å². The lowest BCUT2D eigenvalue weighted by molar-refractivity contribution is 0.122. The van der Waals surface area contributed by atoms with Crippen LogP contribution in [0.4, 0.5) is 17.2 Å². The summed E-state index contributed by atoms with van der Waals surface area (Å²) in [7, 11) is 0. The van der Waals surface area contributed by atoms with Crippen molar-refractivity contribution in [3.8, 4) is 0 Å². The average Bonchev–Trinajstić information content (AvgIpc) is 3.10. The summed E-state index contributed by atoms with van der Waals surface area (Å²) in [4.78, 5) is 13.7. The Kier molecular flexibility index (Phi) is 3.91. The van der Waals surface area contributed by atoms with Crippen LogP contribution in [0, 0.1) is 0 Å². The Balaban J connectivity index is 1.61. The summed E-state index contributed by atoms with van der Waals surface area (Å²) in [6.45, 7) is 4.28. The molecule has 0 N–H and O–H groups in total. The van der Waals surface area contributed by atoms with E-state index in [9.17, 15) is 0 Å². The Morgan fingerprint density at radius 2 is 1.85 bits per heavy atom. The number of nitrogens with zero attached hydrogens (tertiary/aromatic N) is 4. The van der Waals surface area contributed by atoms with Crippen LogP contribution >= 0.6 is 11.6 Å². The second-order valence-electron chi connectivity index (χ2n) is 6.67. The van der Waals surface area contributed by atoms with Crippen molar-refractivity contribution in [3.63, 3.8) is 0 Å². The fourth-order valence-electron chi connectivity index (χ4n) is 3.84. The first-order valence-corrected chi connectivity index (χ1v) is 9.31. The molecule has 0 unspecified atom stereocenters. The first-order chi connectivity index (χ1) is 12.8. The molecular weight excluding hydrogens is 348 g/mol. The number of ether oxygens (including phenoxy) is 1. The molecule has 0 spiro atoms. The molecule has 5 rings (SSSR count). The van der Waals surface area contributed by atoms with Gasteiger partial charge < -0.3 is 14.5 Å². The van der Waals surface area contributed by atoms with Gasteiger partial charge in [-0.1, -0.05) is 17.7 Å². The van der Waals surface area contributed by atoms with Crippen LogP contribution in [0.15, 0.2) is 42.7 Å². The smallest absolute Gasteiger partial charge is 0.144 e. The number of hydrogen-bond donors (Lipinski definition) is 0. The Bertz CT molecular complexity index is 971. The maximum Gasteiger partial charge on any atom is 0.144 e. The van der Waals surface area contributed by atoms with Crippen LogP contribution < -0.4 is 9.80 Å². The predicted molar refractivity (Wildman–Crippen MR) is 105 cm³/mol. The van der Waals surface area contributed by atoms with Gasteiger partial charge in [-0.3, -0.25) is 0 Å². The Morgan fingerprint density at radius 3 is 2.73 bits per heavy atom. The molecule has 0 aliphatic carbocycles. The summed E-state index contributed by atoms with van der Waals surface area (Å²) in [6, 6.07) is 12.5. The van der Waals surface area contributed by atoms with Crippen LogP contribution in [0.1, 0.15) is 5.56 Å². The van der Waals surface area contributed by atoms with E-state index in [-0.39, 0.29) is 0 Å². The number of fused-ring (bicyclic) bond motifs is 2. The van der Waals surface area contributed by atoms with E-state index in [1.54, 1.807) is 6.33 Å². The molecule has 0 radical (unpaired) electrons. The topological polar surface area (TPSA) is 41.5 Å². The number of anilines is 3. The third-order valence-electron chi connectivity index (χ3n) is 5.17. The molecule has 1 fully saturated rings. The molecule has 1 saturated heterocycles. The molecule has 2 aliphatic heterocycles. The van der Waals surface area contributed by atoms with E-state index in [0.717, 1.165) is 66.7 Å². The van der Waals surface area contributed by atoms with Crippen molar-refractivity contribution >= 4 is 39.7 Å². The van der Waals surface area contributed by atoms with Crippen molar-refractivity contribution in [1.82, 2.24) is 9.97 Å². The Morgan fingerprint density at radius 1 is 0.962 bits per heavy atom. The van der Waals surface area contributed by atoms with Gasteiger partial charge in [0.05, 0.1) is 18.7 Å². The van der Waals surface area contributed by atoms with Gasteiger partial charge in [-0.05, 0) is 42.3 Å². The van der Waals surface area contributed by atoms with Crippen molar-refractivity contribution in [1.29, 1.82) is 0 Å². The van der Waals surface area contributed by atoms with Crippen molar-refractivity contribution in [2.45, 2.75) is 6.42 Å². The highest BCUT2D eigenvalue weighted by molar-refractivity contribution is 6.31. The van der Waals surface area contributed by atoms with Gasteiger partial charge in [-0.15, -0.1) is 0 Å². The van der Waals surface area contributed by atoms with Crippen LogP contribution in [0.5, 0.6) is 0 Å². The van der Waals surface area contributed by atoms with E-state index in [0.29, 0.717) is 0 Å². The summed E-state index contributed by atoms with van der Waals surface area (Å²) in [6.07, 6.45) is 2.65. The monoisotopic (exact) mass is 366 g/mol. The molecule has 1 aromatic heterocycles. The molecule has 2 aliphatic rings. The average molecular weight is 367 g/mol. The quantitative estimate of drug-likeness (QED) is 0.689. The van der Waals surface area contributed by atoms with Gasteiger partial charge in [0, 0.05) is 41.4 Å². The van der Waals surface area contributed by atoms with Gasteiger partial charge >= 0.3 is 0 Å². The summed E-state index contributed by atoms with van der Waals surface area (Å²) >= 11 is 6.24. The van der Waals surface area contributed by atoms with Crippen molar-refractivity contribution in [3.05, 3.63) is 53.3 Å². The minimum atomic E-state index is 0.753. The van der Waals surface area contributed by atoms with Gasteiger partial charge in [0.15, 0.2) is 0 Å². The molecule has 0 amide bonds. The molecule has 3 aromatic rings.